The van der Waals surface area contributed by atoms with Crippen LogP contribution in [-0.4, -0.2) is 17.4 Å². The van der Waals surface area contributed by atoms with Crippen molar-refractivity contribution < 1.29 is 4.79 Å². The summed E-state index contributed by atoms with van der Waals surface area (Å²) in [6.07, 6.45) is 1.26. The average molecular weight is 359 g/mol. The maximum Gasteiger partial charge on any atom is 0.224 e. The molecule has 22 heavy (non-hydrogen) atoms. The van der Waals surface area contributed by atoms with Crippen molar-refractivity contribution in [2.45, 2.75) is 25.4 Å². The van der Waals surface area contributed by atoms with Gasteiger partial charge in [-0.1, -0.05) is 52.3 Å². The second-order valence-electron chi connectivity index (χ2n) is 5.70. The molecule has 2 aromatic carbocycles. The zero-order valence-corrected chi connectivity index (χ0v) is 13.9. The van der Waals surface area contributed by atoms with E-state index in [1.165, 1.54) is 11.1 Å². The fourth-order valence-corrected chi connectivity index (χ4v) is 3.28. The molecule has 4 heteroatoms. The molecule has 0 fully saturated rings. The molecule has 114 valence electrons. The van der Waals surface area contributed by atoms with Crippen LogP contribution in [0, 0.1) is 0 Å². The Hall–Kier alpha value is -1.65. The van der Waals surface area contributed by atoms with Gasteiger partial charge >= 0.3 is 0 Å². The molecule has 1 aliphatic heterocycles. The molecule has 1 heterocycles. The summed E-state index contributed by atoms with van der Waals surface area (Å²) in [5.74, 6) is 0.130. The first-order chi connectivity index (χ1) is 10.6. The molecule has 0 aliphatic carbocycles. The summed E-state index contributed by atoms with van der Waals surface area (Å²) in [6, 6.07) is 15.8. The summed E-state index contributed by atoms with van der Waals surface area (Å²) < 4.78 is 1.09. The van der Waals surface area contributed by atoms with Gasteiger partial charge in [0.25, 0.3) is 0 Å². The zero-order valence-electron chi connectivity index (χ0n) is 12.3. The van der Waals surface area contributed by atoms with Crippen LogP contribution < -0.4 is 5.73 Å². The molecule has 2 N–H and O–H groups in total. The van der Waals surface area contributed by atoms with Gasteiger partial charge in [-0.25, -0.2) is 0 Å². The van der Waals surface area contributed by atoms with Crippen molar-refractivity contribution >= 4 is 21.8 Å². The van der Waals surface area contributed by atoms with Gasteiger partial charge in [-0.05, 0) is 35.2 Å². The minimum absolute atomic E-state index is 0.130. The number of hydrogen-bond acceptors (Lipinski definition) is 2. The van der Waals surface area contributed by atoms with Gasteiger partial charge in [0.05, 0.1) is 0 Å². The highest BCUT2D eigenvalue weighted by Crippen LogP contribution is 2.24. The predicted octanol–water partition coefficient (Wildman–Crippen LogP) is 3.42. The lowest BCUT2D eigenvalue weighted by Crippen LogP contribution is -2.37. The molecule has 0 aromatic heterocycles. The molecule has 1 atom stereocenters. The standard InChI is InChI=1S/C18H19BrN2O/c19-16-7-6-15-12-21(9-8-14(15)10-16)18(22)11-17(20)13-4-2-1-3-5-13/h1-7,10,17H,8-9,11-12,20H2. The molecule has 0 saturated carbocycles. The Morgan fingerprint density at radius 3 is 2.73 bits per heavy atom. The summed E-state index contributed by atoms with van der Waals surface area (Å²) in [5.41, 5.74) is 9.73. The summed E-state index contributed by atoms with van der Waals surface area (Å²) in [5, 5.41) is 0. The van der Waals surface area contributed by atoms with Crippen LogP contribution in [0.3, 0.4) is 0 Å². The van der Waals surface area contributed by atoms with Crippen molar-refractivity contribution in [3.63, 3.8) is 0 Å². The number of carbonyl (C=O) groups excluding carboxylic acids is 1. The van der Waals surface area contributed by atoms with Crippen LogP contribution in [0.15, 0.2) is 53.0 Å². The summed E-state index contributed by atoms with van der Waals surface area (Å²) in [4.78, 5) is 14.4. The predicted molar refractivity (Wildman–Crippen MR) is 91.3 cm³/mol. The monoisotopic (exact) mass is 358 g/mol. The number of hydrogen-bond donors (Lipinski definition) is 1. The summed E-state index contributed by atoms with van der Waals surface area (Å²) in [7, 11) is 0. The number of halogens is 1. The average Bonchev–Trinajstić information content (AvgIpc) is 2.55. The maximum atomic E-state index is 12.5. The molecule has 1 aliphatic rings. The smallest absolute Gasteiger partial charge is 0.224 e. The Balaban J connectivity index is 1.65. The molecule has 3 rings (SSSR count). The van der Waals surface area contributed by atoms with Crippen LogP contribution >= 0.6 is 15.9 Å². The lowest BCUT2D eigenvalue weighted by atomic mass is 9.98. The van der Waals surface area contributed by atoms with Crippen molar-refractivity contribution in [1.29, 1.82) is 0 Å². The number of fused-ring (bicyclic) bond motifs is 1. The molecule has 0 spiro atoms. The van der Waals surface area contributed by atoms with Gasteiger partial charge in [-0.15, -0.1) is 0 Å². The molecule has 1 unspecified atom stereocenters. The third-order valence-electron chi connectivity index (χ3n) is 4.16. The SMILES string of the molecule is NC(CC(=O)N1CCc2cc(Br)ccc2C1)c1ccccc1. The Kier molecular flexibility index (Phi) is 4.60. The molecular formula is C18H19BrN2O. The fraction of sp³-hybridized carbons (Fsp3) is 0.278. The number of rotatable bonds is 3. The van der Waals surface area contributed by atoms with Gasteiger partial charge in [0.2, 0.25) is 5.91 Å². The molecule has 3 nitrogen and oxygen atoms in total. The molecule has 0 saturated heterocycles. The quantitative estimate of drug-likeness (QED) is 0.913. The largest absolute Gasteiger partial charge is 0.338 e. The normalized spacial score (nSPS) is 15.3. The van der Waals surface area contributed by atoms with Crippen molar-refractivity contribution in [1.82, 2.24) is 4.90 Å². The van der Waals surface area contributed by atoms with Crippen molar-refractivity contribution in [2.24, 2.45) is 5.73 Å². The van der Waals surface area contributed by atoms with Crippen molar-refractivity contribution in [2.75, 3.05) is 6.54 Å². The Labute approximate surface area is 139 Å². The van der Waals surface area contributed by atoms with Crippen molar-refractivity contribution in [3.8, 4) is 0 Å². The van der Waals surface area contributed by atoms with E-state index in [0.29, 0.717) is 13.0 Å². The maximum absolute atomic E-state index is 12.5. The van der Waals surface area contributed by atoms with Crippen LogP contribution in [-0.2, 0) is 17.8 Å². The van der Waals surface area contributed by atoms with Crippen LogP contribution in [0.25, 0.3) is 0 Å². The fourth-order valence-electron chi connectivity index (χ4n) is 2.87. The van der Waals surface area contributed by atoms with Crippen molar-refractivity contribution in [3.05, 3.63) is 69.7 Å². The molecule has 0 radical (unpaired) electrons. The molecule has 2 aromatic rings. The van der Waals surface area contributed by atoms with E-state index in [9.17, 15) is 4.79 Å². The van der Waals surface area contributed by atoms with Crippen LogP contribution in [0.5, 0.6) is 0 Å². The summed E-state index contributed by atoms with van der Waals surface area (Å²) in [6.45, 7) is 1.45. The van der Waals surface area contributed by atoms with Gasteiger partial charge in [0.1, 0.15) is 0 Å². The number of nitrogens with two attached hydrogens (primary N) is 1. The van der Waals surface area contributed by atoms with E-state index in [4.69, 9.17) is 5.73 Å². The molecular weight excluding hydrogens is 340 g/mol. The van der Waals surface area contributed by atoms with E-state index in [0.717, 1.165) is 23.0 Å². The highest BCUT2D eigenvalue weighted by Gasteiger charge is 2.22. The number of nitrogens with zero attached hydrogens (tertiary/aromatic N) is 1. The Bertz CT molecular complexity index is 672. The van der Waals surface area contributed by atoms with Gasteiger partial charge in [-0.2, -0.15) is 0 Å². The first-order valence-electron chi connectivity index (χ1n) is 7.49. The Morgan fingerprint density at radius 1 is 1.18 bits per heavy atom. The van der Waals surface area contributed by atoms with Crippen LogP contribution in [0.2, 0.25) is 0 Å². The number of amides is 1. The minimum Gasteiger partial charge on any atom is -0.338 e. The second-order valence-corrected chi connectivity index (χ2v) is 6.62. The van der Waals surface area contributed by atoms with E-state index in [1.807, 2.05) is 41.3 Å². The molecule has 0 bridgehead atoms. The van der Waals surface area contributed by atoms with E-state index in [1.54, 1.807) is 0 Å². The van der Waals surface area contributed by atoms with Crippen LogP contribution in [0.1, 0.15) is 29.2 Å². The highest BCUT2D eigenvalue weighted by atomic mass is 79.9. The topological polar surface area (TPSA) is 46.3 Å². The minimum atomic E-state index is -0.236. The highest BCUT2D eigenvalue weighted by molar-refractivity contribution is 9.10. The summed E-state index contributed by atoms with van der Waals surface area (Å²) >= 11 is 3.50. The third-order valence-corrected chi connectivity index (χ3v) is 4.65. The van der Waals surface area contributed by atoms with Gasteiger partial charge in [-0.3, -0.25) is 4.79 Å². The van der Waals surface area contributed by atoms with Crippen LogP contribution in [0.4, 0.5) is 0 Å². The van der Waals surface area contributed by atoms with E-state index < -0.39 is 0 Å². The number of carbonyl (C=O) groups is 1. The van der Waals surface area contributed by atoms with E-state index in [-0.39, 0.29) is 11.9 Å². The van der Waals surface area contributed by atoms with Gasteiger partial charge in [0, 0.05) is 30.0 Å². The van der Waals surface area contributed by atoms with E-state index >= 15 is 0 Å². The lowest BCUT2D eigenvalue weighted by Gasteiger charge is -2.30. The third kappa shape index (κ3) is 3.39. The molecule has 1 amide bonds. The Morgan fingerprint density at radius 2 is 1.95 bits per heavy atom. The van der Waals surface area contributed by atoms with Gasteiger partial charge in [0.15, 0.2) is 0 Å². The number of benzene rings is 2. The van der Waals surface area contributed by atoms with E-state index in [2.05, 4.69) is 28.1 Å². The lowest BCUT2D eigenvalue weighted by molar-refractivity contribution is -0.132. The first-order valence-corrected chi connectivity index (χ1v) is 8.28. The second kappa shape index (κ2) is 6.63. The zero-order chi connectivity index (χ0) is 15.5. The van der Waals surface area contributed by atoms with Gasteiger partial charge < -0.3 is 10.6 Å². The first kappa shape index (κ1) is 15.3.